The Morgan fingerprint density at radius 1 is 1.04 bits per heavy atom. The zero-order valence-electron chi connectivity index (χ0n) is 15.9. The van der Waals surface area contributed by atoms with Crippen molar-refractivity contribution in [2.75, 3.05) is 31.1 Å². The second-order valence-corrected chi connectivity index (χ2v) is 11.6. The van der Waals surface area contributed by atoms with Gasteiger partial charge in [0.1, 0.15) is 6.04 Å². The minimum absolute atomic E-state index is 0.0611. The van der Waals surface area contributed by atoms with Crippen LogP contribution in [0.4, 0.5) is 0 Å². The summed E-state index contributed by atoms with van der Waals surface area (Å²) in [5, 5.41) is 0. The predicted molar refractivity (Wildman–Crippen MR) is 103 cm³/mol. The van der Waals surface area contributed by atoms with Gasteiger partial charge in [0, 0.05) is 19.6 Å². The minimum Gasteiger partial charge on any atom is -0.339 e. The fourth-order valence-corrected chi connectivity index (χ4v) is 7.38. The summed E-state index contributed by atoms with van der Waals surface area (Å²) in [6.45, 7) is 6.04. The maximum absolute atomic E-state index is 13.3. The first-order chi connectivity index (χ1) is 12.5. The Morgan fingerprint density at radius 3 is 2.15 bits per heavy atom. The lowest BCUT2D eigenvalue weighted by Gasteiger charge is -2.32. The SMILES string of the molecule is Cc1cc(C)c(S(=O)(=O)N2CCCC2C(=O)N2CCS(=O)(=O)CC2)c(C)c1. The molecule has 1 amide bonds. The lowest BCUT2D eigenvalue weighted by molar-refractivity contribution is -0.134. The van der Waals surface area contributed by atoms with E-state index in [2.05, 4.69) is 0 Å². The van der Waals surface area contributed by atoms with Crippen molar-refractivity contribution in [1.29, 1.82) is 0 Å². The van der Waals surface area contributed by atoms with Gasteiger partial charge in [0.2, 0.25) is 15.9 Å². The molecular formula is C18H26N2O5S2. The van der Waals surface area contributed by atoms with E-state index in [1.165, 1.54) is 9.21 Å². The molecule has 27 heavy (non-hydrogen) atoms. The molecule has 2 heterocycles. The Hall–Kier alpha value is -1.45. The number of carbonyl (C=O) groups excluding carboxylic acids is 1. The van der Waals surface area contributed by atoms with Gasteiger partial charge in [-0.05, 0) is 44.7 Å². The highest BCUT2D eigenvalue weighted by atomic mass is 32.2. The van der Waals surface area contributed by atoms with Crippen LogP contribution in [0.15, 0.2) is 17.0 Å². The molecule has 2 aliphatic heterocycles. The largest absolute Gasteiger partial charge is 0.339 e. The van der Waals surface area contributed by atoms with Crippen molar-refractivity contribution in [2.45, 2.75) is 44.6 Å². The molecule has 0 N–H and O–H groups in total. The van der Waals surface area contributed by atoms with Gasteiger partial charge in [0.05, 0.1) is 16.4 Å². The average Bonchev–Trinajstić information content (AvgIpc) is 3.03. The molecule has 0 aliphatic carbocycles. The highest BCUT2D eigenvalue weighted by molar-refractivity contribution is 7.91. The van der Waals surface area contributed by atoms with E-state index < -0.39 is 25.9 Å². The van der Waals surface area contributed by atoms with Gasteiger partial charge < -0.3 is 4.90 Å². The van der Waals surface area contributed by atoms with Gasteiger partial charge in [-0.1, -0.05) is 17.7 Å². The summed E-state index contributed by atoms with van der Waals surface area (Å²) in [4.78, 5) is 14.7. The third-order valence-corrected chi connectivity index (χ3v) is 9.14. The Balaban J connectivity index is 1.89. The number of carbonyl (C=O) groups is 1. The zero-order valence-corrected chi connectivity index (χ0v) is 17.6. The molecule has 0 saturated carbocycles. The highest BCUT2D eigenvalue weighted by Gasteiger charge is 2.42. The molecule has 3 rings (SSSR count). The van der Waals surface area contributed by atoms with Gasteiger partial charge in [0.25, 0.3) is 0 Å². The van der Waals surface area contributed by atoms with E-state index in [4.69, 9.17) is 0 Å². The first-order valence-electron chi connectivity index (χ1n) is 9.12. The van der Waals surface area contributed by atoms with Gasteiger partial charge in [0.15, 0.2) is 9.84 Å². The molecule has 150 valence electrons. The monoisotopic (exact) mass is 414 g/mol. The lowest BCUT2D eigenvalue weighted by atomic mass is 10.1. The van der Waals surface area contributed by atoms with Crippen LogP contribution in [0.25, 0.3) is 0 Å². The van der Waals surface area contributed by atoms with Crippen LogP contribution >= 0.6 is 0 Å². The summed E-state index contributed by atoms with van der Waals surface area (Å²) in [5.41, 5.74) is 2.34. The number of hydrogen-bond donors (Lipinski definition) is 0. The molecule has 0 bridgehead atoms. The van der Waals surface area contributed by atoms with Crippen molar-refractivity contribution in [2.24, 2.45) is 0 Å². The highest BCUT2D eigenvalue weighted by Crippen LogP contribution is 2.31. The van der Waals surface area contributed by atoms with Crippen LogP contribution in [0.3, 0.4) is 0 Å². The first-order valence-corrected chi connectivity index (χ1v) is 12.4. The molecule has 2 aliphatic rings. The second kappa shape index (κ2) is 7.18. The van der Waals surface area contributed by atoms with E-state index in [0.717, 1.165) is 5.56 Å². The molecule has 7 nitrogen and oxygen atoms in total. The number of hydrogen-bond acceptors (Lipinski definition) is 5. The summed E-state index contributed by atoms with van der Waals surface area (Å²) >= 11 is 0. The van der Waals surface area contributed by atoms with E-state index in [0.29, 0.717) is 30.5 Å². The third kappa shape index (κ3) is 3.90. The number of benzene rings is 1. The van der Waals surface area contributed by atoms with Crippen LogP contribution in [-0.2, 0) is 24.7 Å². The van der Waals surface area contributed by atoms with Crippen molar-refractivity contribution in [3.05, 3.63) is 28.8 Å². The molecule has 0 radical (unpaired) electrons. The lowest BCUT2D eigenvalue weighted by Crippen LogP contribution is -2.52. The van der Waals surface area contributed by atoms with Gasteiger partial charge >= 0.3 is 0 Å². The number of sulfonamides is 1. The summed E-state index contributed by atoms with van der Waals surface area (Å²) in [6.07, 6.45) is 1.08. The van der Waals surface area contributed by atoms with Gasteiger partial charge in [-0.3, -0.25) is 4.79 Å². The fraction of sp³-hybridized carbons (Fsp3) is 0.611. The molecule has 2 fully saturated rings. The Bertz CT molecular complexity index is 932. The Kier molecular flexibility index (Phi) is 5.39. The average molecular weight is 415 g/mol. The number of rotatable bonds is 3. The molecule has 0 aromatic heterocycles. The number of nitrogens with zero attached hydrogens (tertiary/aromatic N) is 2. The van der Waals surface area contributed by atoms with Gasteiger partial charge in [-0.15, -0.1) is 0 Å². The molecule has 0 spiro atoms. The van der Waals surface area contributed by atoms with Crippen molar-refractivity contribution in [3.63, 3.8) is 0 Å². The summed E-state index contributed by atoms with van der Waals surface area (Å²) in [5.74, 6) is -0.406. The second-order valence-electron chi connectivity index (χ2n) is 7.48. The van der Waals surface area contributed by atoms with E-state index in [1.54, 1.807) is 13.8 Å². The number of amides is 1. The van der Waals surface area contributed by atoms with E-state index in [1.807, 2.05) is 19.1 Å². The minimum atomic E-state index is -3.80. The fourth-order valence-electron chi connectivity index (χ4n) is 4.11. The van der Waals surface area contributed by atoms with Crippen molar-refractivity contribution < 1.29 is 21.6 Å². The molecule has 1 atom stereocenters. The van der Waals surface area contributed by atoms with Gasteiger partial charge in [-0.25, -0.2) is 16.8 Å². The summed E-state index contributed by atoms with van der Waals surface area (Å²) < 4.78 is 51.2. The molecule has 9 heteroatoms. The smallest absolute Gasteiger partial charge is 0.244 e. The molecular weight excluding hydrogens is 388 g/mol. The molecule has 2 saturated heterocycles. The van der Waals surface area contributed by atoms with Crippen LogP contribution in [0, 0.1) is 20.8 Å². The maximum atomic E-state index is 13.3. The number of sulfone groups is 1. The first kappa shape index (κ1) is 20.3. The summed E-state index contributed by atoms with van der Waals surface area (Å²) in [7, 11) is -6.90. The maximum Gasteiger partial charge on any atom is 0.244 e. The van der Waals surface area contributed by atoms with Crippen LogP contribution in [0.1, 0.15) is 29.5 Å². The van der Waals surface area contributed by atoms with Crippen molar-refractivity contribution >= 4 is 25.8 Å². The van der Waals surface area contributed by atoms with Crippen LogP contribution < -0.4 is 0 Å². The molecule has 1 aromatic rings. The zero-order chi connectivity index (χ0) is 20.0. The molecule has 1 unspecified atom stereocenters. The van der Waals surface area contributed by atoms with Crippen molar-refractivity contribution in [3.8, 4) is 0 Å². The quantitative estimate of drug-likeness (QED) is 0.736. The topological polar surface area (TPSA) is 91.8 Å². The predicted octanol–water partition coefficient (Wildman–Crippen LogP) is 1.02. The molecule has 1 aromatic carbocycles. The van der Waals surface area contributed by atoms with E-state index in [-0.39, 0.29) is 35.4 Å². The number of aryl methyl sites for hydroxylation is 3. The van der Waals surface area contributed by atoms with Crippen LogP contribution in [-0.4, -0.2) is 69.1 Å². The Morgan fingerprint density at radius 2 is 1.59 bits per heavy atom. The van der Waals surface area contributed by atoms with Crippen molar-refractivity contribution in [1.82, 2.24) is 9.21 Å². The standard InChI is InChI=1S/C18H26N2O5S2/c1-13-11-14(2)17(15(3)12-13)27(24,25)20-6-4-5-16(20)18(21)19-7-9-26(22,23)10-8-19/h11-12,16H,4-10H2,1-3H3. The third-order valence-electron chi connectivity index (χ3n) is 5.32. The van der Waals surface area contributed by atoms with Gasteiger partial charge in [-0.2, -0.15) is 4.31 Å². The van der Waals surface area contributed by atoms with E-state index in [9.17, 15) is 21.6 Å². The normalized spacial score (nSPS) is 23.5. The van der Waals surface area contributed by atoms with Crippen LogP contribution in [0.5, 0.6) is 0 Å². The van der Waals surface area contributed by atoms with E-state index >= 15 is 0 Å². The van der Waals surface area contributed by atoms with Crippen LogP contribution in [0.2, 0.25) is 0 Å². The Labute approximate surface area is 161 Å². The summed E-state index contributed by atoms with van der Waals surface area (Å²) in [6, 6.07) is 2.92.